The maximum Gasteiger partial charge on any atom is 0.307 e. The lowest BCUT2D eigenvalue weighted by molar-refractivity contribution is -0.136. The van der Waals surface area contributed by atoms with E-state index < -0.39 is 5.97 Å². The molecule has 0 fully saturated rings. The first-order valence-corrected chi connectivity index (χ1v) is 10.4. The third-order valence-corrected chi connectivity index (χ3v) is 4.89. The first kappa shape index (κ1) is 21.4. The van der Waals surface area contributed by atoms with Gasteiger partial charge in [0.05, 0.1) is 6.42 Å². The summed E-state index contributed by atoms with van der Waals surface area (Å²) in [7, 11) is 0. The van der Waals surface area contributed by atoms with Crippen molar-refractivity contribution in [3.05, 3.63) is 107 Å². The lowest BCUT2D eigenvalue weighted by atomic mass is 9.94. The molecule has 0 saturated carbocycles. The van der Waals surface area contributed by atoms with Crippen molar-refractivity contribution < 1.29 is 14.6 Å². The van der Waals surface area contributed by atoms with Crippen LogP contribution in [0.3, 0.4) is 0 Å². The Bertz CT molecular complexity index is 976. The molecule has 0 amide bonds. The fourth-order valence-electron chi connectivity index (χ4n) is 3.39. The molecular formula is C27H28O3. The summed E-state index contributed by atoms with van der Waals surface area (Å²) in [5, 5.41) is 9.50. The molecular weight excluding hydrogens is 372 g/mol. The Balaban J connectivity index is 2.00. The van der Waals surface area contributed by atoms with E-state index in [1.807, 2.05) is 60.7 Å². The van der Waals surface area contributed by atoms with Crippen molar-refractivity contribution in [1.29, 1.82) is 0 Å². The van der Waals surface area contributed by atoms with E-state index >= 15 is 0 Å². The molecule has 0 aliphatic heterocycles. The maximum absolute atomic E-state index is 11.6. The molecule has 0 bridgehead atoms. The maximum atomic E-state index is 11.6. The predicted molar refractivity (Wildman–Crippen MR) is 122 cm³/mol. The Kier molecular flexibility index (Phi) is 7.85. The van der Waals surface area contributed by atoms with Crippen molar-refractivity contribution in [3.63, 3.8) is 0 Å². The largest absolute Gasteiger partial charge is 0.489 e. The van der Waals surface area contributed by atoms with Crippen molar-refractivity contribution in [1.82, 2.24) is 0 Å². The molecule has 0 radical (unpaired) electrons. The summed E-state index contributed by atoms with van der Waals surface area (Å²) in [5.41, 5.74) is 4.91. The van der Waals surface area contributed by atoms with Crippen LogP contribution < -0.4 is 4.74 Å². The van der Waals surface area contributed by atoms with Gasteiger partial charge in [-0.2, -0.15) is 0 Å². The fourth-order valence-corrected chi connectivity index (χ4v) is 3.39. The summed E-state index contributed by atoms with van der Waals surface area (Å²) in [5.74, 6) is -0.0920. The molecule has 3 nitrogen and oxygen atoms in total. The van der Waals surface area contributed by atoms with E-state index in [1.165, 1.54) is 0 Å². The molecule has 0 aromatic heterocycles. The summed E-state index contributed by atoms with van der Waals surface area (Å²) in [6.07, 6.45) is 6.84. The average Bonchev–Trinajstić information content (AvgIpc) is 2.75. The highest BCUT2D eigenvalue weighted by Crippen LogP contribution is 2.30. The molecule has 0 unspecified atom stereocenters. The highest BCUT2D eigenvalue weighted by molar-refractivity contribution is 5.72. The van der Waals surface area contributed by atoms with Gasteiger partial charge < -0.3 is 9.84 Å². The van der Waals surface area contributed by atoms with Gasteiger partial charge in [0.25, 0.3) is 0 Å². The van der Waals surface area contributed by atoms with Crippen LogP contribution in [-0.4, -0.2) is 11.1 Å². The molecule has 3 aromatic carbocycles. The predicted octanol–water partition coefficient (Wildman–Crippen LogP) is 6.30. The summed E-state index contributed by atoms with van der Waals surface area (Å²) in [6, 6.07) is 24.1. The monoisotopic (exact) mass is 400 g/mol. The fraction of sp³-hybridized carbons (Fsp3) is 0.222. The van der Waals surface area contributed by atoms with Crippen molar-refractivity contribution in [2.24, 2.45) is 0 Å². The number of allylic oxidation sites excluding steroid dienone is 1. The standard InChI is InChI=1S/C27H28O3/c1-2-3-6-15-23-16-24(19-27(28)29)25(17-21-11-7-4-8-12-21)26(18-23)30-20-22-13-9-5-10-14-22/h4-16,18H,2-3,17,19-20H2,1H3,(H,28,29). The highest BCUT2D eigenvalue weighted by atomic mass is 16.5. The summed E-state index contributed by atoms with van der Waals surface area (Å²) in [4.78, 5) is 11.6. The Labute approximate surface area is 178 Å². The van der Waals surface area contributed by atoms with Crippen LogP contribution >= 0.6 is 0 Å². The topological polar surface area (TPSA) is 46.5 Å². The Morgan fingerprint density at radius 1 is 0.967 bits per heavy atom. The first-order chi connectivity index (χ1) is 14.7. The SMILES string of the molecule is CCCC=Cc1cc(CC(=O)O)c(Cc2ccccc2)c(OCc2ccccc2)c1. The Morgan fingerprint density at radius 2 is 1.63 bits per heavy atom. The van der Waals surface area contributed by atoms with Gasteiger partial charge in [0.1, 0.15) is 12.4 Å². The van der Waals surface area contributed by atoms with E-state index in [0.717, 1.165) is 46.4 Å². The number of carboxylic acids is 1. The minimum absolute atomic E-state index is 0.0285. The van der Waals surface area contributed by atoms with Crippen molar-refractivity contribution in [2.45, 2.75) is 39.2 Å². The zero-order chi connectivity index (χ0) is 21.2. The smallest absolute Gasteiger partial charge is 0.307 e. The third-order valence-electron chi connectivity index (χ3n) is 4.89. The van der Waals surface area contributed by atoms with Crippen LogP contribution in [-0.2, 0) is 24.2 Å². The van der Waals surface area contributed by atoms with E-state index in [2.05, 4.69) is 31.2 Å². The van der Waals surface area contributed by atoms with Gasteiger partial charge in [-0.25, -0.2) is 0 Å². The van der Waals surface area contributed by atoms with Crippen LogP contribution in [0.4, 0.5) is 0 Å². The van der Waals surface area contributed by atoms with Crippen molar-refractivity contribution in [3.8, 4) is 5.75 Å². The third kappa shape index (κ3) is 6.35. The average molecular weight is 401 g/mol. The molecule has 154 valence electrons. The van der Waals surface area contributed by atoms with Gasteiger partial charge in [-0.15, -0.1) is 0 Å². The minimum atomic E-state index is -0.840. The molecule has 0 aliphatic carbocycles. The molecule has 0 aliphatic rings. The highest BCUT2D eigenvalue weighted by Gasteiger charge is 2.15. The van der Waals surface area contributed by atoms with Crippen LogP contribution in [0.2, 0.25) is 0 Å². The zero-order valence-corrected chi connectivity index (χ0v) is 17.4. The summed E-state index contributed by atoms with van der Waals surface area (Å²) in [6.45, 7) is 2.58. The molecule has 3 heteroatoms. The van der Waals surface area contributed by atoms with Gasteiger partial charge in [0.15, 0.2) is 0 Å². The first-order valence-electron chi connectivity index (χ1n) is 10.4. The number of ether oxygens (including phenoxy) is 1. The number of hydrogen-bond acceptors (Lipinski definition) is 2. The minimum Gasteiger partial charge on any atom is -0.489 e. The molecule has 30 heavy (non-hydrogen) atoms. The normalized spacial score (nSPS) is 11.0. The number of carboxylic acid groups (broad SMARTS) is 1. The molecule has 3 rings (SSSR count). The molecule has 0 heterocycles. The van der Waals surface area contributed by atoms with Crippen LogP contribution in [0.25, 0.3) is 6.08 Å². The molecule has 3 aromatic rings. The van der Waals surface area contributed by atoms with Crippen molar-refractivity contribution >= 4 is 12.0 Å². The van der Waals surface area contributed by atoms with Gasteiger partial charge in [-0.05, 0) is 34.7 Å². The number of aliphatic carboxylic acids is 1. The van der Waals surface area contributed by atoms with Gasteiger partial charge in [0, 0.05) is 12.0 Å². The zero-order valence-electron chi connectivity index (χ0n) is 17.4. The number of rotatable bonds is 10. The van der Waals surface area contributed by atoms with Crippen LogP contribution in [0.5, 0.6) is 5.75 Å². The van der Waals surface area contributed by atoms with Crippen molar-refractivity contribution in [2.75, 3.05) is 0 Å². The van der Waals surface area contributed by atoms with Gasteiger partial charge >= 0.3 is 5.97 Å². The second kappa shape index (κ2) is 11.0. The summed E-state index contributed by atoms with van der Waals surface area (Å²) < 4.78 is 6.24. The van der Waals surface area contributed by atoms with Gasteiger partial charge in [-0.3, -0.25) is 4.79 Å². The molecule has 0 atom stereocenters. The lowest BCUT2D eigenvalue weighted by Crippen LogP contribution is -2.08. The lowest BCUT2D eigenvalue weighted by Gasteiger charge is -2.17. The van der Waals surface area contributed by atoms with Gasteiger partial charge in [0.2, 0.25) is 0 Å². The van der Waals surface area contributed by atoms with Crippen LogP contribution in [0.1, 0.15) is 47.6 Å². The van der Waals surface area contributed by atoms with E-state index in [0.29, 0.717) is 13.0 Å². The second-order valence-corrected chi connectivity index (χ2v) is 7.35. The summed E-state index contributed by atoms with van der Waals surface area (Å²) >= 11 is 0. The van der Waals surface area contributed by atoms with E-state index in [-0.39, 0.29) is 6.42 Å². The van der Waals surface area contributed by atoms with Crippen LogP contribution in [0.15, 0.2) is 78.9 Å². The van der Waals surface area contributed by atoms with Crippen LogP contribution in [0, 0.1) is 0 Å². The Hall–Kier alpha value is -3.33. The Morgan fingerprint density at radius 3 is 2.27 bits per heavy atom. The number of benzene rings is 3. The number of unbranched alkanes of at least 4 members (excludes halogenated alkanes) is 1. The number of carbonyl (C=O) groups is 1. The second-order valence-electron chi connectivity index (χ2n) is 7.35. The molecule has 1 N–H and O–H groups in total. The molecule has 0 spiro atoms. The van der Waals surface area contributed by atoms with Gasteiger partial charge in [-0.1, -0.05) is 92.2 Å². The van der Waals surface area contributed by atoms with E-state index in [4.69, 9.17) is 4.74 Å². The van der Waals surface area contributed by atoms with E-state index in [9.17, 15) is 9.90 Å². The number of hydrogen-bond donors (Lipinski definition) is 1. The quantitative estimate of drug-likeness (QED) is 0.434. The van der Waals surface area contributed by atoms with E-state index in [1.54, 1.807) is 0 Å². The molecule has 0 saturated heterocycles.